The number of nitrogens with one attached hydrogen (secondary N) is 2. The van der Waals surface area contributed by atoms with Crippen LogP contribution in [0, 0.1) is 22.7 Å². The Balaban J connectivity index is 2.45. The molecule has 6 nitrogen and oxygen atoms in total. The van der Waals surface area contributed by atoms with Gasteiger partial charge >= 0.3 is 0 Å². The average molecular weight is 270 g/mol. The average Bonchev–Trinajstić information content (AvgIpc) is 2.46. The number of carbonyl (C=O) groups is 1. The Bertz CT molecular complexity index is 548. The van der Waals surface area contributed by atoms with Crippen LogP contribution in [0.5, 0.6) is 5.75 Å². The fraction of sp³-hybridized carbons (Fsp3) is 0.214. The van der Waals surface area contributed by atoms with Crippen molar-refractivity contribution in [3.63, 3.8) is 0 Å². The molecule has 1 aromatic rings. The fourth-order valence-corrected chi connectivity index (χ4v) is 1.29. The molecule has 20 heavy (non-hydrogen) atoms. The van der Waals surface area contributed by atoms with Crippen molar-refractivity contribution in [3.8, 4) is 17.9 Å². The number of anilines is 1. The molecular formula is C14H14N4O2. The third-order valence-electron chi connectivity index (χ3n) is 2.22. The van der Waals surface area contributed by atoms with Gasteiger partial charge < -0.3 is 15.4 Å². The number of rotatable bonds is 6. The van der Waals surface area contributed by atoms with Crippen LogP contribution in [-0.4, -0.2) is 19.1 Å². The molecule has 1 aromatic carbocycles. The second-order valence-electron chi connectivity index (χ2n) is 3.78. The first-order valence-corrected chi connectivity index (χ1v) is 5.90. The number of allylic oxidation sites excluding steroid dienone is 1. The Morgan fingerprint density at radius 1 is 1.30 bits per heavy atom. The molecule has 0 aliphatic heterocycles. The van der Waals surface area contributed by atoms with Crippen molar-refractivity contribution in [1.29, 1.82) is 10.5 Å². The summed E-state index contributed by atoms with van der Waals surface area (Å²) in [5, 5.41) is 22.6. The van der Waals surface area contributed by atoms with Crippen LogP contribution in [0.3, 0.4) is 0 Å². The normalized spacial score (nSPS) is 8.75. The topological polar surface area (TPSA) is 97.9 Å². The summed E-state index contributed by atoms with van der Waals surface area (Å²) in [6.45, 7) is 2.29. The van der Waals surface area contributed by atoms with E-state index in [4.69, 9.17) is 15.3 Å². The molecule has 0 bridgehead atoms. The van der Waals surface area contributed by atoms with Crippen LogP contribution in [0.25, 0.3) is 0 Å². The molecule has 0 aliphatic carbocycles. The molecule has 0 aromatic heterocycles. The van der Waals surface area contributed by atoms with Crippen molar-refractivity contribution < 1.29 is 9.53 Å². The van der Waals surface area contributed by atoms with Crippen molar-refractivity contribution in [2.75, 3.05) is 18.5 Å². The van der Waals surface area contributed by atoms with E-state index in [0.717, 1.165) is 5.69 Å². The number of ether oxygens (including phenoxy) is 1. The fourth-order valence-electron chi connectivity index (χ4n) is 1.29. The number of hydrogen-bond donors (Lipinski definition) is 2. The molecule has 0 saturated carbocycles. The standard InChI is InChI=1S/C14H14N4O2/c1-11(19)17-6-7-20-14-4-2-13(3-5-14)18-10-12(8-15)9-16/h2-5,10,18H,6-7H2,1H3,(H,17,19). The summed E-state index contributed by atoms with van der Waals surface area (Å²) < 4.78 is 5.42. The Labute approximate surface area is 117 Å². The van der Waals surface area contributed by atoms with Crippen molar-refractivity contribution in [2.45, 2.75) is 6.92 Å². The minimum atomic E-state index is -0.0919. The highest BCUT2D eigenvalue weighted by atomic mass is 16.5. The number of benzene rings is 1. The minimum absolute atomic E-state index is 0.000587. The molecule has 0 radical (unpaired) electrons. The first-order valence-electron chi connectivity index (χ1n) is 5.90. The zero-order valence-electron chi connectivity index (χ0n) is 11.0. The number of hydrogen-bond acceptors (Lipinski definition) is 5. The number of nitriles is 2. The highest BCUT2D eigenvalue weighted by Crippen LogP contribution is 2.15. The molecule has 0 unspecified atom stereocenters. The van der Waals surface area contributed by atoms with Gasteiger partial charge in [-0.1, -0.05) is 0 Å². The van der Waals surface area contributed by atoms with Crippen LogP contribution in [0.2, 0.25) is 0 Å². The number of nitrogens with zero attached hydrogens (tertiary/aromatic N) is 2. The summed E-state index contributed by atoms with van der Waals surface area (Å²) >= 11 is 0. The van der Waals surface area contributed by atoms with Crippen LogP contribution in [-0.2, 0) is 4.79 Å². The van der Waals surface area contributed by atoms with Crippen molar-refractivity contribution in [2.24, 2.45) is 0 Å². The van der Waals surface area contributed by atoms with Gasteiger partial charge in [-0.3, -0.25) is 4.79 Å². The van der Waals surface area contributed by atoms with Gasteiger partial charge in [0.2, 0.25) is 5.91 Å². The third-order valence-corrected chi connectivity index (χ3v) is 2.22. The highest BCUT2D eigenvalue weighted by Gasteiger charge is 1.96. The van der Waals surface area contributed by atoms with Crippen LogP contribution >= 0.6 is 0 Å². The van der Waals surface area contributed by atoms with Gasteiger partial charge in [-0.05, 0) is 24.3 Å². The van der Waals surface area contributed by atoms with E-state index in [1.54, 1.807) is 36.4 Å². The Morgan fingerprint density at radius 2 is 1.95 bits per heavy atom. The van der Waals surface area contributed by atoms with E-state index in [-0.39, 0.29) is 11.5 Å². The maximum Gasteiger partial charge on any atom is 0.216 e. The predicted octanol–water partition coefficient (Wildman–Crippen LogP) is 1.54. The predicted molar refractivity (Wildman–Crippen MR) is 73.6 cm³/mol. The first-order chi connectivity index (χ1) is 9.65. The van der Waals surface area contributed by atoms with Crippen molar-refractivity contribution in [1.82, 2.24) is 5.32 Å². The monoisotopic (exact) mass is 270 g/mol. The lowest BCUT2D eigenvalue weighted by Crippen LogP contribution is -2.25. The molecule has 102 valence electrons. The van der Waals surface area contributed by atoms with E-state index >= 15 is 0 Å². The lowest BCUT2D eigenvalue weighted by atomic mass is 10.3. The minimum Gasteiger partial charge on any atom is -0.492 e. The summed E-state index contributed by atoms with van der Waals surface area (Å²) in [6.07, 6.45) is 1.34. The zero-order chi connectivity index (χ0) is 14.8. The molecule has 0 heterocycles. The molecule has 2 N–H and O–H groups in total. The summed E-state index contributed by atoms with van der Waals surface area (Å²) in [5.41, 5.74) is 0.739. The van der Waals surface area contributed by atoms with Gasteiger partial charge in [0.05, 0.1) is 6.54 Å². The van der Waals surface area contributed by atoms with Crippen molar-refractivity contribution >= 4 is 11.6 Å². The second kappa shape index (κ2) is 8.17. The Morgan fingerprint density at radius 3 is 2.50 bits per heavy atom. The highest BCUT2D eigenvalue weighted by molar-refractivity contribution is 5.72. The van der Waals surface area contributed by atoms with E-state index < -0.39 is 0 Å². The van der Waals surface area contributed by atoms with Crippen LogP contribution in [0.1, 0.15) is 6.92 Å². The van der Waals surface area contributed by atoms with E-state index in [2.05, 4.69) is 10.6 Å². The summed E-state index contributed by atoms with van der Waals surface area (Å²) in [4.78, 5) is 10.7. The molecule has 0 spiro atoms. The zero-order valence-corrected chi connectivity index (χ0v) is 11.0. The smallest absolute Gasteiger partial charge is 0.216 e. The van der Waals surface area contributed by atoms with Gasteiger partial charge in [0.25, 0.3) is 0 Å². The van der Waals surface area contributed by atoms with Gasteiger partial charge in [-0.2, -0.15) is 10.5 Å². The first kappa shape index (κ1) is 15.1. The van der Waals surface area contributed by atoms with E-state index in [1.165, 1.54) is 13.1 Å². The largest absolute Gasteiger partial charge is 0.492 e. The van der Waals surface area contributed by atoms with E-state index in [1.807, 2.05) is 0 Å². The van der Waals surface area contributed by atoms with Gasteiger partial charge in [0.1, 0.15) is 30.1 Å². The number of carbonyl (C=O) groups excluding carboxylic acids is 1. The maximum atomic E-state index is 10.7. The van der Waals surface area contributed by atoms with E-state index in [9.17, 15) is 4.79 Å². The van der Waals surface area contributed by atoms with Gasteiger partial charge in [-0.15, -0.1) is 0 Å². The van der Waals surface area contributed by atoms with Gasteiger partial charge in [0, 0.05) is 18.8 Å². The Hall–Kier alpha value is -2.99. The SMILES string of the molecule is CC(=O)NCCOc1ccc(NC=C(C#N)C#N)cc1. The Kier molecular flexibility index (Phi) is 6.16. The molecule has 1 amide bonds. The molecule has 0 atom stereocenters. The summed E-state index contributed by atoms with van der Waals surface area (Å²) in [5.74, 6) is 0.580. The van der Waals surface area contributed by atoms with Crippen LogP contribution < -0.4 is 15.4 Å². The molecule has 0 aliphatic rings. The van der Waals surface area contributed by atoms with E-state index in [0.29, 0.717) is 18.9 Å². The third kappa shape index (κ3) is 5.56. The summed E-state index contributed by atoms with van der Waals surface area (Å²) in [6, 6.07) is 10.5. The molecule has 0 saturated heterocycles. The van der Waals surface area contributed by atoms with Crippen LogP contribution in [0.15, 0.2) is 36.0 Å². The van der Waals surface area contributed by atoms with Gasteiger partial charge in [-0.25, -0.2) is 0 Å². The molecule has 1 rings (SSSR count). The summed E-state index contributed by atoms with van der Waals surface area (Å²) in [7, 11) is 0. The van der Waals surface area contributed by atoms with Crippen molar-refractivity contribution in [3.05, 3.63) is 36.0 Å². The van der Waals surface area contributed by atoms with Crippen LogP contribution in [0.4, 0.5) is 5.69 Å². The lowest BCUT2D eigenvalue weighted by Gasteiger charge is -2.07. The molecule has 6 heteroatoms. The lowest BCUT2D eigenvalue weighted by molar-refractivity contribution is -0.119. The quantitative estimate of drug-likeness (QED) is 0.603. The number of amides is 1. The molecule has 0 fully saturated rings. The second-order valence-corrected chi connectivity index (χ2v) is 3.78. The maximum absolute atomic E-state index is 10.7. The van der Waals surface area contributed by atoms with Gasteiger partial charge in [0.15, 0.2) is 0 Å². The molecular weight excluding hydrogens is 256 g/mol.